The van der Waals surface area contributed by atoms with Gasteiger partial charge in [0, 0.05) is 12.6 Å². The second-order valence-corrected chi connectivity index (χ2v) is 7.91. The Balaban J connectivity index is 2.15. The van der Waals surface area contributed by atoms with Gasteiger partial charge in [0.05, 0.1) is 34.5 Å². The molecule has 11 heteroatoms. The molecule has 1 heterocycles. The van der Waals surface area contributed by atoms with Gasteiger partial charge in [-0.25, -0.2) is 8.42 Å². The van der Waals surface area contributed by atoms with Gasteiger partial charge in [-0.05, 0) is 31.2 Å². The van der Waals surface area contributed by atoms with Crippen LogP contribution < -0.4 is 16.4 Å². The second-order valence-electron chi connectivity index (χ2n) is 5.92. The predicted molar refractivity (Wildman–Crippen MR) is 98.6 cm³/mol. The fraction of sp³-hybridized carbons (Fsp3) is 0.250. The van der Waals surface area contributed by atoms with Crippen LogP contribution in [0.15, 0.2) is 41.6 Å². The Kier molecular flexibility index (Phi) is 5.96. The van der Waals surface area contributed by atoms with Gasteiger partial charge in [-0.15, -0.1) is 0 Å². The molecule has 0 unspecified atom stereocenters. The van der Waals surface area contributed by atoms with Crippen molar-refractivity contribution in [3.8, 4) is 0 Å². The van der Waals surface area contributed by atoms with Gasteiger partial charge < -0.3 is 15.7 Å². The first-order valence-electron chi connectivity index (χ1n) is 7.71. The number of sulfone groups is 1. The van der Waals surface area contributed by atoms with Crippen molar-refractivity contribution in [3.05, 3.63) is 42.2 Å². The van der Waals surface area contributed by atoms with Crippen LogP contribution >= 0.6 is 0 Å². The summed E-state index contributed by atoms with van der Waals surface area (Å²) in [5.74, 6) is -2.17. The highest BCUT2D eigenvalue weighted by Crippen LogP contribution is 2.19. The van der Waals surface area contributed by atoms with E-state index < -0.39 is 27.1 Å². The van der Waals surface area contributed by atoms with Crippen molar-refractivity contribution < 1.29 is 23.1 Å². The highest BCUT2D eigenvalue weighted by atomic mass is 32.2. The van der Waals surface area contributed by atoms with Gasteiger partial charge in [0.1, 0.15) is 0 Å². The fourth-order valence-corrected chi connectivity index (χ4v) is 3.73. The smallest absolute Gasteiger partial charge is 0.257 e. The van der Waals surface area contributed by atoms with E-state index in [2.05, 4.69) is 20.6 Å². The van der Waals surface area contributed by atoms with Gasteiger partial charge >= 0.3 is 0 Å². The quantitative estimate of drug-likeness (QED) is 0.528. The van der Waals surface area contributed by atoms with E-state index in [1.807, 2.05) is 0 Å². The van der Waals surface area contributed by atoms with Crippen LogP contribution in [0.3, 0.4) is 0 Å². The summed E-state index contributed by atoms with van der Waals surface area (Å²) in [4.78, 5) is 31.0. The summed E-state index contributed by atoms with van der Waals surface area (Å²) in [6.45, 7) is 1.08. The number of anilines is 1. The first-order valence-corrected chi connectivity index (χ1v) is 9.36. The molecule has 0 aliphatic carbocycles. The van der Waals surface area contributed by atoms with Crippen LogP contribution in [0.1, 0.15) is 17.3 Å². The first kappa shape index (κ1) is 20.5. The number of nitrogens with zero attached hydrogens (tertiary/aromatic N) is 2. The minimum absolute atomic E-state index is 0.00235. The average molecular weight is 388 g/mol. The van der Waals surface area contributed by atoms with Crippen molar-refractivity contribution in [2.45, 2.75) is 17.4 Å². The number of aliphatic hydroxyl groups is 1. The average Bonchev–Trinajstić information content (AvgIpc) is 2.62. The summed E-state index contributed by atoms with van der Waals surface area (Å²) in [6.07, 6.45) is 2.45. The van der Waals surface area contributed by atoms with Crippen LogP contribution in [0.25, 0.3) is 0 Å². The Morgan fingerprint density at radius 2 is 1.74 bits per heavy atom. The molecular weight excluding hydrogens is 371 g/mol. The summed E-state index contributed by atoms with van der Waals surface area (Å²) < 4.78 is 25.0. The molecule has 0 fully saturated rings. The molecule has 140 valence electrons. The zero-order valence-corrected chi connectivity index (χ0v) is 15.4. The van der Waals surface area contributed by atoms with Crippen LogP contribution in [0.4, 0.5) is 5.69 Å². The monoisotopic (exact) mass is 388 g/mol. The highest BCUT2D eigenvalue weighted by Gasteiger charge is 2.36. The number of carbonyl (C=O) groups is 2. The molecule has 0 spiro atoms. The number of nitrogens with one attached hydrogen (secondary N) is 2. The molecule has 0 saturated heterocycles. The predicted octanol–water partition coefficient (Wildman–Crippen LogP) is -1.21. The third-order valence-electron chi connectivity index (χ3n) is 3.59. The van der Waals surface area contributed by atoms with Gasteiger partial charge in [0.2, 0.25) is 0 Å². The maximum Gasteiger partial charge on any atom is 0.257 e. The molecule has 1 atom stereocenters. The molecule has 9 nitrogen and oxygen atoms in total. The molecule has 2 radical (unpaired) electrons. The minimum atomic E-state index is -4.00. The van der Waals surface area contributed by atoms with E-state index in [9.17, 15) is 23.1 Å². The molecule has 0 saturated carbocycles. The minimum Gasteiger partial charge on any atom is -0.379 e. The molecule has 3 N–H and O–H groups in total. The lowest BCUT2D eigenvalue weighted by Gasteiger charge is -2.22. The van der Waals surface area contributed by atoms with Crippen LogP contribution in [0, 0.1) is 0 Å². The summed E-state index contributed by atoms with van der Waals surface area (Å²) in [5, 5.41) is 15.1. The third-order valence-corrected chi connectivity index (χ3v) is 5.53. The fourth-order valence-electron chi connectivity index (χ4n) is 2.15. The van der Waals surface area contributed by atoms with Crippen LogP contribution in [-0.2, 0) is 14.6 Å². The Labute approximate surface area is 157 Å². The third kappa shape index (κ3) is 5.11. The Hall–Kier alpha value is -2.79. The lowest BCUT2D eigenvalue weighted by Crippen LogP contribution is -2.45. The van der Waals surface area contributed by atoms with Gasteiger partial charge in [-0.2, -0.15) is 0 Å². The Morgan fingerprint density at radius 3 is 2.26 bits per heavy atom. The number of hydrogen-bond donors (Lipinski definition) is 3. The van der Waals surface area contributed by atoms with E-state index in [-0.39, 0.29) is 27.8 Å². The number of hydrogen-bond acceptors (Lipinski definition) is 7. The highest BCUT2D eigenvalue weighted by molar-refractivity contribution is 7.91. The lowest BCUT2D eigenvalue weighted by atomic mass is 10.1. The van der Waals surface area contributed by atoms with E-state index in [0.717, 1.165) is 6.92 Å². The topological polar surface area (TPSA) is 138 Å². The molecule has 0 aliphatic rings. The van der Waals surface area contributed by atoms with Crippen molar-refractivity contribution in [1.82, 2.24) is 15.3 Å². The van der Waals surface area contributed by atoms with Crippen molar-refractivity contribution in [1.29, 1.82) is 0 Å². The SMILES string of the molecule is [B]c1ncc(NC(=O)[C@@](C)(O)CS(=O)(=O)c2ccc(C(=O)NC)cc2)cn1. The molecule has 0 aliphatic heterocycles. The van der Waals surface area contributed by atoms with E-state index >= 15 is 0 Å². The van der Waals surface area contributed by atoms with Gasteiger partial charge in [0.15, 0.2) is 23.3 Å². The molecule has 1 aromatic heterocycles. The summed E-state index contributed by atoms with van der Waals surface area (Å²) in [7, 11) is 2.79. The molecule has 2 rings (SSSR count). The Morgan fingerprint density at radius 1 is 1.19 bits per heavy atom. The number of amides is 2. The first-order chi connectivity index (χ1) is 12.5. The maximum atomic E-state index is 12.5. The molecule has 1 aromatic carbocycles. The molecular formula is C16H17BN4O5S. The summed E-state index contributed by atoms with van der Waals surface area (Å²) in [6, 6.07) is 5.15. The van der Waals surface area contributed by atoms with Gasteiger partial charge in [0.25, 0.3) is 11.8 Å². The number of aromatic nitrogens is 2. The molecule has 2 aromatic rings. The zero-order chi connectivity index (χ0) is 20.2. The second kappa shape index (κ2) is 7.84. The maximum absolute atomic E-state index is 12.5. The van der Waals surface area contributed by atoms with Gasteiger partial charge in [-0.1, -0.05) is 0 Å². The van der Waals surface area contributed by atoms with Crippen LogP contribution in [0.2, 0.25) is 0 Å². The van der Waals surface area contributed by atoms with Crippen molar-refractivity contribution in [2.75, 3.05) is 18.1 Å². The molecule has 27 heavy (non-hydrogen) atoms. The van der Waals surface area contributed by atoms with Crippen molar-refractivity contribution in [2.24, 2.45) is 0 Å². The molecule has 2 amide bonds. The number of benzene rings is 1. The number of carbonyl (C=O) groups excluding carboxylic acids is 2. The van der Waals surface area contributed by atoms with E-state index in [4.69, 9.17) is 7.85 Å². The zero-order valence-electron chi connectivity index (χ0n) is 14.6. The lowest BCUT2D eigenvalue weighted by molar-refractivity contribution is -0.130. The number of rotatable bonds is 6. The van der Waals surface area contributed by atoms with Gasteiger partial charge in [-0.3, -0.25) is 19.6 Å². The normalized spacial score (nSPS) is 13.4. The van der Waals surface area contributed by atoms with Crippen LogP contribution in [-0.4, -0.2) is 61.6 Å². The van der Waals surface area contributed by atoms with Crippen LogP contribution in [0.5, 0.6) is 0 Å². The molecule has 0 bridgehead atoms. The van der Waals surface area contributed by atoms with Crippen molar-refractivity contribution >= 4 is 40.9 Å². The standard InChI is InChI=1S/C16H17BN4O5S/c1-16(24,14(23)21-11-7-19-15(17)20-8-11)9-27(25,26)12-5-3-10(4-6-12)13(22)18-2/h3-8,24H,9H2,1-2H3,(H,18,22)(H,21,23)/t16-/m0/s1. The summed E-state index contributed by atoms with van der Waals surface area (Å²) >= 11 is 0. The van der Waals surface area contributed by atoms with E-state index in [1.165, 1.54) is 43.7 Å². The van der Waals surface area contributed by atoms with E-state index in [0.29, 0.717) is 0 Å². The summed E-state index contributed by atoms with van der Waals surface area (Å²) in [5.41, 5.74) is -1.78. The van der Waals surface area contributed by atoms with Crippen molar-refractivity contribution in [3.63, 3.8) is 0 Å². The van der Waals surface area contributed by atoms with E-state index in [1.54, 1.807) is 0 Å². The Bertz CT molecular complexity index is 944. The largest absolute Gasteiger partial charge is 0.379 e.